The Balaban J connectivity index is 1.80. The third kappa shape index (κ3) is 4.00. The average Bonchev–Trinajstić information content (AvgIpc) is 2.79. The highest BCUT2D eigenvalue weighted by atomic mass is 15.2. The van der Waals surface area contributed by atoms with Crippen LogP contribution in [-0.4, -0.2) is 48.0 Å². The van der Waals surface area contributed by atoms with E-state index in [2.05, 4.69) is 46.1 Å². The summed E-state index contributed by atoms with van der Waals surface area (Å²) in [7, 11) is 2.18. The van der Waals surface area contributed by atoms with Crippen LogP contribution in [-0.2, 0) is 6.54 Å². The minimum Gasteiger partial charge on any atom is -0.305 e. The molecule has 0 bridgehead atoms. The molecule has 0 amide bonds. The minimum atomic E-state index is 0.729. The van der Waals surface area contributed by atoms with E-state index in [9.17, 15) is 5.26 Å². The van der Waals surface area contributed by atoms with Crippen LogP contribution in [0.3, 0.4) is 0 Å². The lowest BCUT2D eigenvalue weighted by Gasteiger charge is -2.20. The molecule has 2 aromatic rings. The fraction of sp³-hybridized carbons (Fsp3) is 0.400. The molecule has 24 heavy (non-hydrogen) atoms. The van der Waals surface area contributed by atoms with E-state index < -0.39 is 0 Å². The first-order valence-corrected chi connectivity index (χ1v) is 8.51. The molecule has 124 valence electrons. The van der Waals surface area contributed by atoms with Crippen LogP contribution >= 0.6 is 0 Å². The summed E-state index contributed by atoms with van der Waals surface area (Å²) < 4.78 is 0. The summed E-state index contributed by atoms with van der Waals surface area (Å²) in [5.41, 5.74) is 5.02. The van der Waals surface area contributed by atoms with Gasteiger partial charge in [-0.1, -0.05) is 12.1 Å². The van der Waals surface area contributed by atoms with Gasteiger partial charge in [0.25, 0.3) is 0 Å². The van der Waals surface area contributed by atoms with Gasteiger partial charge >= 0.3 is 0 Å². The molecule has 0 radical (unpaired) electrons. The van der Waals surface area contributed by atoms with E-state index in [1.54, 1.807) is 0 Å². The van der Waals surface area contributed by atoms with Crippen LogP contribution in [0.15, 0.2) is 36.7 Å². The monoisotopic (exact) mass is 320 g/mol. The van der Waals surface area contributed by atoms with Gasteiger partial charge in [-0.15, -0.1) is 0 Å². The topological polar surface area (TPSA) is 43.2 Å². The summed E-state index contributed by atoms with van der Waals surface area (Å²) in [5, 5.41) is 9.57. The van der Waals surface area contributed by atoms with E-state index in [0.29, 0.717) is 0 Å². The Kier molecular flexibility index (Phi) is 5.24. The standard InChI is InChI=1S/C20H24N4/c1-16-10-19(14-22-13-16)20-5-4-17(11-18(20)12-21)15-24-7-3-6-23(2)8-9-24/h4-5,10-11,13-14H,3,6-9,15H2,1-2H3. The van der Waals surface area contributed by atoms with Gasteiger partial charge in [0, 0.05) is 43.2 Å². The minimum absolute atomic E-state index is 0.729. The molecule has 4 heteroatoms. The van der Waals surface area contributed by atoms with Crippen LogP contribution in [0.25, 0.3) is 11.1 Å². The van der Waals surface area contributed by atoms with Crippen molar-refractivity contribution in [2.75, 3.05) is 33.2 Å². The van der Waals surface area contributed by atoms with Crippen molar-refractivity contribution in [3.63, 3.8) is 0 Å². The van der Waals surface area contributed by atoms with E-state index >= 15 is 0 Å². The van der Waals surface area contributed by atoms with Crippen molar-refractivity contribution in [1.29, 1.82) is 5.26 Å². The lowest BCUT2D eigenvalue weighted by Crippen LogP contribution is -2.28. The SMILES string of the molecule is Cc1cncc(-c2ccc(CN3CCCN(C)CC3)cc2C#N)c1. The van der Waals surface area contributed by atoms with Crippen molar-refractivity contribution < 1.29 is 0 Å². The molecule has 0 unspecified atom stereocenters. The summed E-state index contributed by atoms with van der Waals surface area (Å²) in [4.78, 5) is 9.11. The van der Waals surface area contributed by atoms with Crippen molar-refractivity contribution in [1.82, 2.24) is 14.8 Å². The van der Waals surface area contributed by atoms with E-state index in [-0.39, 0.29) is 0 Å². The van der Waals surface area contributed by atoms with Crippen molar-refractivity contribution in [2.45, 2.75) is 19.9 Å². The Morgan fingerprint density at radius 2 is 2.00 bits per heavy atom. The summed E-state index contributed by atoms with van der Waals surface area (Å²) >= 11 is 0. The molecule has 1 saturated heterocycles. The highest BCUT2D eigenvalue weighted by Crippen LogP contribution is 2.25. The van der Waals surface area contributed by atoms with Gasteiger partial charge in [-0.25, -0.2) is 0 Å². The highest BCUT2D eigenvalue weighted by Gasteiger charge is 2.13. The van der Waals surface area contributed by atoms with Crippen molar-refractivity contribution in [2.24, 2.45) is 0 Å². The molecule has 1 aliphatic heterocycles. The second kappa shape index (κ2) is 7.57. The third-order valence-electron chi connectivity index (χ3n) is 4.61. The van der Waals surface area contributed by atoms with E-state index in [0.717, 1.165) is 48.4 Å². The van der Waals surface area contributed by atoms with Crippen LogP contribution < -0.4 is 0 Å². The van der Waals surface area contributed by atoms with Crippen molar-refractivity contribution in [3.8, 4) is 17.2 Å². The molecule has 0 aliphatic carbocycles. The summed E-state index contributed by atoms with van der Waals surface area (Å²) in [6.45, 7) is 7.41. The molecule has 0 N–H and O–H groups in total. The number of aryl methyl sites for hydroxylation is 1. The zero-order valence-electron chi connectivity index (χ0n) is 14.5. The van der Waals surface area contributed by atoms with Gasteiger partial charge in [0.2, 0.25) is 0 Å². The quantitative estimate of drug-likeness (QED) is 0.872. The van der Waals surface area contributed by atoms with Crippen LogP contribution in [0.1, 0.15) is 23.1 Å². The van der Waals surface area contributed by atoms with Gasteiger partial charge in [0.1, 0.15) is 0 Å². The zero-order valence-corrected chi connectivity index (χ0v) is 14.5. The highest BCUT2D eigenvalue weighted by molar-refractivity contribution is 5.70. The molecule has 0 saturated carbocycles. The Morgan fingerprint density at radius 1 is 1.12 bits per heavy atom. The third-order valence-corrected chi connectivity index (χ3v) is 4.61. The van der Waals surface area contributed by atoms with Gasteiger partial charge in [-0.3, -0.25) is 9.88 Å². The normalized spacial score (nSPS) is 16.5. The molecule has 4 nitrogen and oxygen atoms in total. The van der Waals surface area contributed by atoms with Gasteiger partial charge in [-0.05, 0) is 56.7 Å². The predicted molar refractivity (Wildman–Crippen MR) is 96.5 cm³/mol. The molecule has 2 heterocycles. The molecule has 0 atom stereocenters. The summed E-state index contributed by atoms with van der Waals surface area (Å²) in [6, 6.07) is 10.7. The van der Waals surface area contributed by atoms with Gasteiger partial charge in [-0.2, -0.15) is 5.26 Å². The number of nitrogens with zero attached hydrogens (tertiary/aromatic N) is 4. The Morgan fingerprint density at radius 3 is 2.79 bits per heavy atom. The fourth-order valence-electron chi connectivity index (χ4n) is 3.25. The van der Waals surface area contributed by atoms with Crippen molar-refractivity contribution >= 4 is 0 Å². The fourth-order valence-corrected chi connectivity index (χ4v) is 3.25. The zero-order chi connectivity index (χ0) is 16.9. The van der Waals surface area contributed by atoms with Crippen LogP contribution in [0.4, 0.5) is 0 Å². The number of rotatable bonds is 3. The maximum absolute atomic E-state index is 9.57. The number of nitriles is 1. The number of likely N-dealkylation sites (N-methyl/N-ethyl adjacent to an activating group) is 1. The first-order valence-electron chi connectivity index (χ1n) is 8.51. The smallest absolute Gasteiger partial charge is 0.0998 e. The van der Waals surface area contributed by atoms with Crippen LogP contribution in [0.5, 0.6) is 0 Å². The van der Waals surface area contributed by atoms with Gasteiger partial charge in [0.15, 0.2) is 0 Å². The first-order chi connectivity index (χ1) is 11.7. The van der Waals surface area contributed by atoms with E-state index in [1.807, 2.05) is 25.4 Å². The number of pyridine rings is 1. The first kappa shape index (κ1) is 16.6. The maximum Gasteiger partial charge on any atom is 0.0998 e. The molecule has 1 aromatic carbocycles. The van der Waals surface area contributed by atoms with Gasteiger partial charge < -0.3 is 4.90 Å². The van der Waals surface area contributed by atoms with Gasteiger partial charge in [0.05, 0.1) is 11.6 Å². The lowest BCUT2D eigenvalue weighted by molar-refractivity contribution is 0.269. The van der Waals surface area contributed by atoms with E-state index in [4.69, 9.17) is 0 Å². The maximum atomic E-state index is 9.57. The Labute approximate surface area is 144 Å². The second-order valence-corrected chi connectivity index (χ2v) is 6.68. The average molecular weight is 320 g/mol. The number of aromatic nitrogens is 1. The Hall–Kier alpha value is -2.22. The molecule has 3 rings (SSSR count). The second-order valence-electron chi connectivity index (χ2n) is 6.68. The molecular formula is C20H24N4. The summed E-state index contributed by atoms with van der Waals surface area (Å²) in [5.74, 6) is 0. The Bertz CT molecular complexity index is 748. The van der Waals surface area contributed by atoms with Crippen LogP contribution in [0.2, 0.25) is 0 Å². The van der Waals surface area contributed by atoms with Crippen molar-refractivity contribution in [3.05, 3.63) is 53.3 Å². The largest absolute Gasteiger partial charge is 0.305 e. The number of hydrogen-bond donors (Lipinski definition) is 0. The molecule has 1 fully saturated rings. The predicted octanol–water partition coefficient (Wildman–Crippen LogP) is 3.07. The number of hydrogen-bond acceptors (Lipinski definition) is 4. The lowest BCUT2D eigenvalue weighted by atomic mass is 9.98. The number of benzene rings is 1. The van der Waals surface area contributed by atoms with E-state index in [1.165, 1.54) is 18.5 Å². The molecule has 1 aromatic heterocycles. The van der Waals surface area contributed by atoms with Crippen LogP contribution in [0, 0.1) is 18.3 Å². The molecule has 0 spiro atoms. The molecule has 1 aliphatic rings. The molecular weight excluding hydrogens is 296 g/mol. The summed E-state index contributed by atoms with van der Waals surface area (Å²) in [6.07, 6.45) is 4.86.